The maximum Gasteiger partial charge on any atom is 0.231 e. The molecule has 0 saturated carbocycles. The van der Waals surface area contributed by atoms with Crippen LogP contribution in [0.1, 0.15) is 17.0 Å². The number of hydrogen-bond donors (Lipinski definition) is 1. The minimum Gasteiger partial charge on any atom is -0.493 e. The van der Waals surface area contributed by atoms with Crippen molar-refractivity contribution in [1.29, 1.82) is 0 Å². The van der Waals surface area contributed by atoms with E-state index < -0.39 is 0 Å². The average molecular weight is 352 g/mol. The molecule has 4 rings (SSSR count). The second-order valence-electron chi connectivity index (χ2n) is 6.00. The van der Waals surface area contributed by atoms with Gasteiger partial charge in [-0.2, -0.15) is 0 Å². The molecular formula is C19H20N4O3. The summed E-state index contributed by atoms with van der Waals surface area (Å²) in [6.45, 7) is 3.59. The van der Waals surface area contributed by atoms with Crippen LogP contribution in [-0.4, -0.2) is 28.4 Å². The van der Waals surface area contributed by atoms with E-state index >= 15 is 0 Å². The number of nitrogens with one attached hydrogen (secondary N) is 1. The van der Waals surface area contributed by atoms with Crippen molar-refractivity contribution in [2.24, 2.45) is 0 Å². The van der Waals surface area contributed by atoms with Crippen molar-refractivity contribution in [3.8, 4) is 23.1 Å². The molecule has 0 unspecified atom stereocenters. The van der Waals surface area contributed by atoms with Gasteiger partial charge in [0, 0.05) is 31.7 Å². The average Bonchev–Trinajstić information content (AvgIpc) is 3.30. The number of hydrogen-bond acceptors (Lipinski definition) is 6. The Morgan fingerprint density at radius 3 is 2.77 bits per heavy atom. The van der Waals surface area contributed by atoms with E-state index in [4.69, 9.17) is 14.2 Å². The number of aromatic nitrogens is 3. The number of methoxy groups -OCH3 is 1. The van der Waals surface area contributed by atoms with Gasteiger partial charge in [-0.05, 0) is 36.2 Å². The summed E-state index contributed by atoms with van der Waals surface area (Å²) in [7, 11) is 1.63. The van der Waals surface area contributed by atoms with Gasteiger partial charge in [0.1, 0.15) is 11.6 Å². The molecule has 0 amide bonds. The summed E-state index contributed by atoms with van der Waals surface area (Å²) in [5.74, 6) is 3.87. The van der Waals surface area contributed by atoms with Gasteiger partial charge in [0.2, 0.25) is 12.5 Å². The molecule has 134 valence electrons. The molecule has 0 aliphatic carbocycles. The topological polar surface area (TPSA) is 70.4 Å². The lowest BCUT2D eigenvalue weighted by Crippen LogP contribution is -2.13. The monoisotopic (exact) mass is 352 g/mol. The maximum absolute atomic E-state index is 5.46. The molecule has 1 aliphatic heterocycles. The molecule has 1 aromatic carbocycles. The van der Waals surface area contributed by atoms with E-state index in [0.717, 1.165) is 28.5 Å². The first-order valence-electron chi connectivity index (χ1n) is 8.37. The number of aryl methyl sites for hydroxylation is 1. The highest BCUT2D eigenvalue weighted by Gasteiger charge is 2.19. The molecule has 0 radical (unpaired) electrons. The quantitative estimate of drug-likeness (QED) is 0.735. The smallest absolute Gasteiger partial charge is 0.231 e. The summed E-state index contributed by atoms with van der Waals surface area (Å²) in [5.41, 5.74) is 2.18. The van der Waals surface area contributed by atoms with E-state index in [1.54, 1.807) is 13.3 Å². The fourth-order valence-electron chi connectivity index (χ4n) is 2.92. The van der Waals surface area contributed by atoms with E-state index in [1.807, 2.05) is 42.1 Å². The van der Waals surface area contributed by atoms with Gasteiger partial charge in [0.25, 0.3) is 0 Å². The van der Waals surface area contributed by atoms with Gasteiger partial charge in [-0.15, -0.1) is 0 Å². The number of ether oxygens (including phenoxy) is 3. The molecule has 1 N–H and O–H groups in total. The lowest BCUT2D eigenvalue weighted by atomic mass is 10.1. The fraction of sp³-hybridized carbons (Fsp3) is 0.263. The number of benzene rings is 1. The summed E-state index contributed by atoms with van der Waals surface area (Å²) < 4.78 is 18.2. The van der Waals surface area contributed by atoms with Crippen molar-refractivity contribution in [3.05, 3.63) is 59.8 Å². The van der Waals surface area contributed by atoms with Crippen LogP contribution in [0.5, 0.6) is 17.2 Å². The number of imidazole rings is 1. The minimum absolute atomic E-state index is 0.233. The van der Waals surface area contributed by atoms with Crippen molar-refractivity contribution in [2.75, 3.05) is 13.9 Å². The van der Waals surface area contributed by atoms with Crippen LogP contribution in [0.25, 0.3) is 5.82 Å². The van der Waals surface area contributed by atoms with Crippen molar-refractivity contribution in [1.82, 2.24) is 19.9 Å². The van der Waals surface area contributed by atoms with Gasteiger partial charge in [0.05, 0.1) is 7.11 Å². The third kappa shape index (κ3) is 3.21. The summed E-state index contributed by atoms with van der Waals surface area (Å²) in [6.07, 6.45) is 5.55. The molecule has 2 aromatic heterocycles. The van der Waals surface area contributed by atoms with Crippen LogP contribution in [-0.2, 0) is 13.1 Å². The van der Waals surface area contributed by atoms with Gasteiger partial charge >= 0.3 is 0 Å². The normalized spacial score (nSPS) is 12.4. The van der Waals surface area contributed by atoms with Gasteiger partial charge in [-0.25, -0.2) is 9.97 Å². The second kappa shape index (κ2) is 7.05. The van der Waals surface area contributed by atoms with Crippen LogP contribution in [0.2, 0.25) is 0 Å². The van der Waals surface area contributed by atoms with Crippen LogP contribution in [0, 0.1) is 6.92 Å². The molecule has 0 spiro atoms. The molecule has 0 atom stereocenters. The zero-order chi connectivity index (χ0) is 17.9. The van der Waals surface area contributed by atoms with E-state index in [2.05, 4.69) is 21.4 Å². The molecule has 0 saturated heterocycles. The summed E-state index contributed by atoms with van der Waals surface area (Å²) in [5, 5.41) is 3.42. The number of fused-ring (bicyclic) bond motifs is 1. The third-order valence-electron chi connectivity index (χ3n) is 4.26. The van der Waals surface area contributed by atoms with Gasteiger partial charge in [-0.3, -0.25) is 4.57 Å². The largest absolute Gasteiger partial charge is 0.493 e. The zero-order valence-corrected chi connectivity index (χ0v) is 14.7. The Labute approximate surface area is 151 Å². The maximum atomic E-state index is 5.46. The van der Waals surface area contributed by atoms with Crippen LogP contribution >= 0.6 is 0 Å². The van der Waals surface area contributed by atoms with Crippen LogP contribution in [0.15, 0.2) is 42.9 Å². The van der Waals surface area contributed by atoms with Crippen LogP contribution in [0.3, 0.4) is 0 Å². The molecule has 7 heteroatoms. The Kier molecular flexibility index (Phi) is 4.45. The van der Waals surface area contributed by atoms with Crippen molar-refractivity contribution in [2.45, 2.75) is 20.0 Å². The van der Waals surface area contributed by atoms with Gasteiger partial charge in [0.15, 0.2) is 11.5 Å². The standard InChI is InChI=1S/C19H20N4O3/c1-13-21-5-6-23(13)18-4-3-14(11-22-18)9-20-10-15-7-16(24-2)19-17(8-15)25-12-26-19/h3-8,11,20H,9-10,12H2,1-2H3. The Morgan fingerprint density at radius 1 is 1.15 bits per heavy atom. The first-order chi connectivity index (χ1) is 12.7. The molecular weight excluding hydrogens is 332 g/mol. The Balaban J connectivity index is 1.39. The number of nitrogens with zero attached hydrogens (tertiary/aromatic N) is 3. The highest BCUT2D eigenvalue weighted by Crippen LogP contribution is 2.41. The van der Waals surface area contributed by atoms with Crippen LogP contribution in [0.4, 0.5) is 0 Å². The predicted molar refractivity (Wildman–Crippen MR) is 95.8 cm³/mol. The first kappa shape index (κ1) is 16.4. The van der Waals surface area contributed by atoms with Crippen molar-refractivity contribution >= 4 is 0 Å². The molecule has 7 nitrogen and oxygen atoms in total. The SMILES string of the molecule is COc1cc(CNCc2ccc(-n3ccnc3C)nc2)cc2c1OCO2. The van der Waals surface area contributed by atoms with E-state index in [1.165, 1.54) is 0 Å². The Morgan fingerprint density at radius 2 is 2.04 bits per heavy atom. The molecule has 0 bridgehead atoms. The Bertz CT molecular complexity index is 906. The molecule has 0 fully saturated rings. The van der Waals surface area contributed by atoms with Gasteiger partial charge in [-0.1, -0.05) is 6.07 Å². The zero-order valence-electron chi connectivity index (χ0n) is 14.7. The lowest BCUT2D eigenvalue weighted by molar-refractivity contribution is 0.171. The predicted octanol–water partition coefficient (Wildman–Crippen LogP) is 2.60. The van der Waals surface area contributed by atoms with E-state index in [9.17, 15) is 0 Å². The molecule has 3 aromatic rings. The van der Waals surface area contributed by atoms with Crippen LogP contribution < -0.4 is 19.5 Å². The Hall–Kier alpha value is -3.06. The number of rotatable bonds is 6. The summed E-state index contributed by atoms with van der Waals surface area (Å²) in [4.78, 5) is 8.73. The number of pyridine rings is 1. The van der Waals surface area contributed by atoms with Crippen molar-refractivity contribution in [3.63, 3.8) is 0 Å². The molecule has 1 aliphatic rings. The second-order valence-corrected chi connectivity index (χ2v) is 6.00. The molecule has 3 heterocycles. The van der Waals surface area contributed by atoms with E-state index in [-0.39, 0.29) is 6.79 Å². The van der Waals surface area contributed by atoms with Crippen molar-refractivity contribution < 1.29 is 14.2 Å². The van der Waals surface area contributed by atoms with Gasteiger partial charge < -0.3 is 19.5 Å². The third-order valence-corrected chi connectivity index (χ3v) is 4.26. The summed E-state index contributed by atoms with van der Waals surface area (Å²) >= 11 is 0. The lowest BCUT2D eigenvalue weighted by Gasteiger charge is -2.10. The van der Waals surface area contributed by atoms with E-state index in [0.29, 0.717) is 24.6 Å². The fourth-order valence-corrected chi connectivity index (χ4v) is 2.92. The summed E-state index contributed by atoms with van der Waals surface area (Å²) in [6, 6.07) is 8.00. The minimum atomic E-state index is 0.233. The first-order valence-corrected chi connectivity index (χ1v) is 8.37. The highest BCUT2D eigenvalue weighted by atomic mass is 16.7. The highest BCUT2D eigenvalue weighted by molar-refractivity contribution is 5.55. The molecule has 26 heavy (non-hydrogen) atoms.